The van der Waals surface area contributed by atoms with Gasteiger partial charge in [-0.2, -0.15) is 0 Å². The van der Waals surface area contributed by atoms with Crippen molar-refractivity contribution in [1.29, 1.82) is 0 Å². The first-order chi connectivity index (χ1) is 8.19. The summed E-state index contributed by atoms with van der Waals surface area (Å²) in [6.07, 6.45) is 2.05. The van der Waals surface area contributed by atoms with E-state index >= 15 is 0 Å². The highest BCUT2D eigenvalue weighted by molar-refractivity contribution is 7.98. The summed E-state index contributed by atoms with van der Waals surface area (Å²) in [7, 11) is 1.55. The van der Waals surface area contributed by atoms with Gasteiger partial charge in [0.25, 0.3) is 0 Å². The van der Waals surface area contributed by atoms with Crippen LogP contribution in [0.1, 0.15) is 6.42 Å². The number of methoxy groups -OCH3 is 1. The van der Waals surface area contributed by atoms with Crippen LogP contribution in [0, 0.1) is 0 Å². The standard InChI is InChI=1S/C12H18N2O2S.ClH/c1-16-10(8-13)7-12(15)14-9-4-3-5-11(6-9)17-2;/h3-6,10H,7-8,13H2,1-2H3,(H,14,15);1H. The normalized spacial score (nSPS) is 11.5. The van der Waals surface area contributed by atoms with Gasteiger partial charge in [0.1, 0.15) is 0 Å². The zero-order chi connectivity index (χ0) is 12.7. The van der Waals surface area contributed by atoms with Crippen molar-refractivity contribution in [1.82, 2.24) is 0 Å². The summed E-state index contributed by atoms with van der Waals surface area (Å²) >= 11 is 1.64. The molecular weight excluding hydrogens is 272 g/mol. The first-order valence-corrected chi connectivity index (χ1v) is 6.58. The fraction of sp³-hybridized carbons (Fsp3) is 0.417. The third kappa shape index (κ3) is 5.73. The quantitative estimate of drug-likeness (QED) is 0.788. The van der Waals surface area contributed by atoms with Gasteiger partial charge in [-0.3, -0.25) is 4.79 Å². The first-order valence-electron chi connectivity index (χ1n) is 5.36. The molecule has 6 heteroatoms. The van der Waals surface area contributed by atoms with Crippen LogP contribution in [0.5, 0.6) is 0 Å². The summed E-state index contributed by atoms with van der Waals surface area (Å²) < 4.78 is 5.06. The third-order valence-corrected chi connectivity index (χ3v) is 3.09. The molecule has 102 valence electrons. The molecule has 1 rings (SSSR count). The Hall–Kier alpha value is -0.750. The smallest absolute Gasteiger partial charge is 0.227 e. The molecule has 0 aliphatic rings. The summed E-state index contributed by atoms with van der Waals surface area (Å²) in [6, 6.07) is 7.71. The number of hydrogen-bond acceptors (Lipinski definition) is 4. The van der Waals surface area contributed by atoms with Gasteiger partial charge in [0.15, 0.2) is 0 Å². The molecule has 0 spiro atoms. The average Bonchev–Trinajstić information content (AvgIpc) is 2.36. The summed E-state index contributed by atoms with van der Waals surface area (Å²) in [4.78, 5) is 12.8. The predicted molar refractivity (Wildman–Crippen MR) is 78.6 cm³/mol. The zero-order valence-corrected chi connectivity index (χ0v) is 12.1. The topological polar surface area (TPSA) is 64.3 Å². The van der Waals surface area contributed by atoms with Crippen molar-refractivity contribution in [2.24, 2.45) is 5.73 Å². The zero-order valence-electron chi connectivity index (χ0n) is 10.5. The minimum Gasteiger partial charge on any atom is -0.380 e. The molecule has 0 aliphatic heterocycles. The number of nitrogens with two attached hydrogens (primary N) is 1. The van der Waals surface area contributed by atoms with E-state index in [1.165, 1.54) is 0 Å². The molecular formula is C12H19ClN2O2S. The molecule has 0 aromatic heterocycles. The van der Waals surface area contributed by atoms with E-state index < -0.39 is 0 Å². The van der Waals surface area contributed by atoms with Crippen molar-refractivity contribution < 1.29 is 9.53 Å². The van der Waals surface area contributed by atoms with Gasteiger partial charge in [-0.15, -0.1) is 24.2 Å². The van der Waals surface area contributed by atoms with Crippen LogP contribution in [0.4, 0.5) is 5.69 Å². The van der Waals surface area contributed by atoms with Crippen LogP contribution < -0.4 is 11.1 Å². The number of nitrogens with one attached hydrogen (secondary N) is 1. The number of carbonyl (C=O) groups is 1. The van der Waals surface area contributed by atoms with Crippen LogP contribution >= 0.6 is 24.2 Å². The van der Waals surface area contributed by atoms with Gasteiger partial charge in [-0.25, -0.2) is 0 Å². The number of hydrogen-bond donors (Lipinski definition) is 2. The minimum absolute atomic E-state index is 0. The number of benzene rings is 1. The molecule has 3 N–H and O–H groups in total. The van der Waals surface area contributed by atoms with E-state index in [0.717, 1.165) is 10.6 Å². The van der Waals surface area contributed by atoms with Crippen LogP contribution in [0.15, 0.2) is 29.2 Å². The Morgan fingerprint density at radius 3 is 2.83 bits per heavy atom. The van der Waals surface area contributed by atoms with E-state index in [0.29, 0.717) is 6.54 Å². The van der Waals surface area contributed by atoms with Crippen molar-refractivity contribution >= 4 is 35.8 Å². The molecule has 0 saturated carbocycles. The highest BCUT2D eigenvalue weighted by Crippen LogP contribution is 2.19. The molecule has 0 saturated heterocycles. The number of amides is 1. The van der Waals surface area contributed by atoms with Crippen molar-refractivity contribution in [2.75, 3.05) is 25.2 Å². The van der Waals surface area contributed by atoms with E-state index in [1.54, 1.807) is 18.9 Å². The Bertz CT molecular complexity index is 373. The number of rotatable bonds is 6. The summed E-state index contributed by atoms with van der Waals surface area (Å²) in [5.41, 5.74) is 6.26. The summed E-state index contributed by atoms with van der Waals surface area (Å²) in [6.45, 7) is 0.342. The fourth-order valence-electron chi connectivity index (χ4n) is 1.38. The molecule has 0 aliphatic carbocycles. The van der Waals surface area contributed by atoms with Gasteiger partial charge < -0.3 is 15.8 Å². The number of ether oxygens (including phenoxy) is 1. The van der Waals surface area contributed by atoms with Gasteiger partial charge in [0.05, 0.1) is 12.5 Å². The maximum Gasteiger partial charge on any atom is 0.227 e. The van der Waals surface area contributed by atoms with Gasteiger partial charge in [0.2, 0.25) is 5.91 Å². The Morgan fingerprint density at radius 2 is 2.28 bits per heavy atom. The highest BCUT2D eigenvalue weighted by Gasteiger charge is 2.11. The SMILES string of the molecule is COC(CN)CC(=O)Nc1cccc(SC)c1.Cl. The largest absolute Gasteiger partial charge is 0.380 e. The molecule has 1 amide bonds. The molecule has 0 radical (unpaired) electrons. The number of carbonyl (C=O) groups excluding carboxylic acids is 1. The lowest BCUT2D eigenvalue weighted by atomic mass is 10.2. The van der Waals surface area contributed by atoms with Crippen LogP contribution in [-0.4, -0.2) is 31.9 Å². The Kier molecular flexibility index (Phi) is 8.83. The summed E-state index contributed by atoms with van der Waals surface area (Å²) in [5, 5.41) is 2.83. The molecule has 0 fully saturated rings. The molecule has 18 heavy (non-hydrogen) atoms. The lowest BCUT2D eigenvalue weighted by molar-refractivity contribution is -0.118. The minimum atomic E-state index is -0.223. The Morgan fingerprint density at radius 1 is 1.56 bits per heavy atom. The van der Waals surface area contributed by atoms with E-state index in [2.05, 4.69) is 5.32 Å². The Labute approximate surface area is 118 Å². The monoisotopic (exact) mass is 290 g/mol. The van der Waals surface area contributed by atoms with Crippen LogP contribution in [-0.2, 0) is 9.53 Å². The molecule has 1 aromatic carbocycles. The van der Waals surface area contributed by atoms with Crippen LogP contribution in [0.3, 0.4) is 0 Å². The van der Waals surface area contributed by atoms with Gasteiger partial charge >= 0.3 is 0 Å². The van der Waals surface area contributed by atoms with Crippen LogP contribution in [0.2, 0.25) is 0 Å². The first kappa shape index (κ1) is 17.2. The van der Waals surface area contributed by atoms with Crippen LogP contribution in [0.25, 0.3) is 0 Å². The maximum absolute atomic E-state index is 11.7. The molecule has 1 aromatic rings. The molecule has 1 unspecified atom stereocenters. The second kappa shape index (κ2) is 9.22. The predicted octanol–water partition coefficient (Wildman–Crippen LogP) is 2.13. The van der Waals surface area contributed by atoms with Crippen molar-refractivity contribution in [3.63, 3.8) is 0 Å². The Balaban J connectivity index is 0.00000289. The molecule has 1 atom stereocenters. The average molecular weight is 291 g/mol. The number of anilines is 1. The second-order valence-corrected chi connectivity index (χ2v) is 4.46. The third-order valence-electron chi connectivity index (χ3n) is 2.36. The molecule has 0 bridgehead atoms. The van der Waals surface area contributed by atoms with Gasteiger partial charge in [0, 0.05) is 24.2 Å². The fourth-order valence-corrected chi connectivity index (χ4v) is 1.84. The van der Waals surface area contributed by atoms with Crippen molar-refractivity contribution in [3.8, 4) is 0 Å². The number of halogens is 1. The van der Waals surface area contributed by atoms with E-state index in [4.69, 9.17) is 10.5 Å². The lowest BCUT2D eigenvalue weighted by Gasteiger charge is -2.12. The molecule has 4 nitrogen and oxygen atoms in total. The second-order valence-electron chi connectivity index (χ2n) is 3.58. The van der Waals surface area contributed by atoms with E-state index in [1.807, 2.05) is 30.5 Å². The number of thioether (sulfide) groups is 1. The van der Waals surface area contributed by atoms with Crippen molar-refractivity contribution in [2.45, 2.75) is 17.4 Å². The van der Waals surface area contributed by atoms with Gasteiger partial charge in [-0.1, -0.05) is 6.07 Å². The molecule has 0 heterocycles. The van der Waals surface area contributed by atoms with E-state index in [9.17, 15) is 4.79 Å². The summed E-state index contributed by atoms with van der Waals surface area (Å²) in [5.74, 6) is -0.0828. The highest BCUT2D eigenvalue weighted by atomic mass is 35.5. The van der Waals surface area contributed by atoms with Gasteiger partial charge in [-0.05, 0) is 24.5 Å². The maximum atomic E-state index is 11.7. The van der Waals surface area contributed by atoms with E-state index in [-0.39, 0.29) is 30.8 Å². The van der Waals surface area contributed by atoms with Crippen molar-refractivity contribution in [3.05, 3.63) is 24.3 Å². The lowest BCUT2D eigenvalue weighted by Crippen LogP contribution is -2.28.